The zero-order chi connectivity index (χ0) is 12.8. The Morgan fingerprint density at radius 2 is 2.24 bits per heavy atom. The lowest BCUT2D eigenvalue weighted by Crippen LogP contribution is -2.11. The van der Waals surface area contributed by atoms with E-state index in [4.69, 9.17) is 22.7 Å². The first-order valence-corrected chi connectivity index (χ1v) is 6.96. The third-order valence-electron chi connectivity index (χ3n) is 2.52. The SMILES string of the molecule is CCCC(C)COc1ccc(C(N)=S)c(Br)c1. The minimum Gasteiger partial charge on any atom is -0.493 e. The molecule has 0 aromatic heterocycles. The highest BCUT2D eigenvalue weighted by Gasteiger charge is 2.06. The van der Waals surface area contributed by atoms with Crippen LogP contribution in [0, 0.1) is 5.92 Å². The van der Waals surface area contributed by atoms with Crippen LogP contribution in [0.2, 0.25) is 0 Å². The smallest absolute Gasteiger partial charge is 0.120 e. The van der Waals surface area contributed by atoms with Crippen molar-refractivity contribution in [3.63, 3.8) is 0 Å². The minimum absolute atomic E-state index is 0.391. The predicted molar refractivity (Wildman–Crippen MR) is 79.6 cm³/mol. The lowest BCUT2D eigenvalue weighted by atomic mass is 10.1. The molecule has 0 saturated carbocycles. The Bertz CT molecular complexity index is 395. The van der Waals surface area contributed by atoms with Crippen LogP contribution in [0.5, 0.6) is 5.75 Å². The first-order chi connectivity index (χ1) is 8.04. The molecule has 2 nitrogen and oxygen atoms in total. The fourth-order valence-electron chi connectivity index (χ4n) is 1.60. The van der Waals surface area contributed by atoms with Crippen molar-refractivity contribution in [1.29, 1.82) is 0 Å². The second-order valence-corrected chi connectivity index (χ2v) is 5.50. The largest absolute Gasteiger partial charge is 0.493 e. The second kappa shape index (κ2) is 6.97. The van der Waals surface area contributed by atoms with E-state index in [1.807, 2.05) is 18.2 Å². The molecule has 1 unspecified atom stereocenters. The average molecular weight is 316 g/mol. The summed E-state index contributed by atoms with van der Waals surface area (Å²) in [6, 6.07) is 5.69. The summed E-state index contributed by atoms with van der Waals surface area (Å²) in [5.74, 6) is 1.42. The average Bonchev–Trinajstić information content (AvgIpc) is 2.26. The molecule has 0 radical (unpaired) electrons. The molecule has 0 spiro atoms. The van der Waals surface area contributed by atoms with E-state index in [1.165, 1.54) is 12.8 Å². The standard InChI is InChI=1S/C13H18BrNOS/c1-3-4-9(2)8-16-10-5-6-11(13(15)17)12(14)7-10/h5-7,9H,3-4,8H2,1-2H3,(H2,15,17). The molecule has 0 aliphatic rings. The van der Waals surface area contributed by atoms with E-state index in [0.29, 0.717) is 10.9 Å². The van der Waals surface area contributed by atoms with Gasteiger partial charge in [-0.3, -0.25) is 0 Å². The summed E-state index contributed by atoms with van der Waals surface area (Å²) in [5.41, 5.74) is 6.43. The molecule has 94 valence electrons. The van der Waals surface area contributed by atoms with Crippen molar-refractivity contribution < 1.29 is 4.74 Å². The highest BCUT2D eigenvalue weighted by Crippen LogP contribution is 2.23. The monoisotopic (exact) mass is 315 g/mol. The number of rotatable bonds is 6. The van der Waals surface area contributed by atoms with Gasteiger partial charge >= 0.3 is 0 Å². The Morgan fingerprint density at radius 3 is 2.76 bits per heavy atom. The summed E-state index contributed by atoms with van der Waals surface area (Å²) >= 11 is 8.38. The van der Waals surface area contributed by atoms with Gasteiger partial charge in [-0.15, -0.1) is 0 Å². The van der Waals surface area contributed by atoms with Crippen LogP contribution in [0.4, 0.5) is 0 Å². The third-order valence-corrected chi connectivity index (χ3v) is 3.40. The van der Waals surface area contributed by atoms with Gasteiger partial charge in [0.2, 0.25) is 0 Å². The van der Waals surface area contributed by atoms with E-state index in [0.717, 1.165) is 22.4 Å². The van der Waals surface area contributed by atoms with Gasteiger partial charge in [0.05, 0.1) is 6.61 Å². The molecule has 1 aromatic rings. The molecule has 0 saturated heterocycles. The topological polar surface area (TPSA) is 35.2 Å². The van der Waals surface area contributed by atoms with Crippen molar-refractivity contribution in [3.8, 4) is 5.75 Å². The van der Waals surface area contributed by atoms with E-state index in [9.17, 15) is 0 Å². The first-order valence-electron chi connectivity index (χ1n) is 5.76. The van der Waals surface area contributed by atoms with Crippen molar-refractivity contribution in [1.82, 2.24) is 0 Å². The summed E-state index contributed by atoms with van der Waals surface area (Å²) < 4.78 is 6.60. The van der Waals surface area contributed by atoms with Gasteiger partial charge in [0.1, 0.15) is 10.7 Å². The lowest BCUT2D eigenvalue weighted by Gasteiger charge is -2.13. The Balaban J connectivity index is 2.62. The van der Waals surface area contributed by atoms with Crippen molar-refractivity contribution in [3.05, 3.63) is 28.2 Å². The number of nitrogens with two attached hydrogens (primary N) is 1. The molecule has 0 aliphatic carbocycles. The molecule has 2 N–H and O–H groups in total. The Labute approximate surface area is 117 Å². The number of hydrogen-bond donors (Lipinski definition) is 1. The summed E-state index contributed by atoms with van der Waals surface area (Å²) in [6.45, 7) is 5.12. The lowest BCUT2D eigenvalue weighted by molar-refractivity contribution is 0.251. The van der Waals surface area contributed by atoms with Gasteiger partial charge in [-0.05, 0) is 46.5 Å². The number of ether oxygens (including phenoxy) is 1. The molecular formula is C13H18BrNOS. The fourth-order valence-corrected chi connectivity index (χ4v) is 2.48. The molecule has 0 amide bonds. The Hall–Kier alpha value is -0.610. The number of thiocarbonyl (C=S) groups is 1. The molecule has 0 aliphatic heterocycles. The summed E-state index contributed by atoms with van der Waals surface area (Å²) in [7, 11) is 0. The molecule has 1 aromatic carbocycles. The van der Waals surface area contributed by atoms with Crippen LogP contribution in [0.15, 0.2) is 22.7 Å². The van der Waals surface area contributed by atoms with E-state index in [-0.39, 0.29) is 0 Å². The van der Waals surface area contributed by atoms with E-state index < -0.39 is 0 Å². The quantitative estimate of drug-likeness (QED) is 0.809. The van der Waals surface area contributed by atoms with Gasteiger partial charge in [-0.2, -0.15) is 0 Å². The molecule has 0 fully saturated rings. The van der Waals surface area contributed by atoms with Gasteiger partial charge in [-0.25, -0.2) is 0 Å². The van der Waals surface area contributed by atoms with Crippen LogP contribution < -0.4 is 10.5 Å². The number of benzene rings is 1. The predicted octanol–water partition coefficient (Wildman–Crippen LogP) is 3.90. The van der Waals surface area contributed by atoms with Crippen molar-refractivity contribution in [2.45, 2.75) is 26.7 Å². The Morgan fingerprint density at radius 1 is 1.53 bits per heavy atom. The van der Waals surface area contributed by atoms with Crippen LogP contribution in [0.3, 0.4) is 0 Å². The molecule has 0 bridgehead atoms. The van der Waals surface area contributed by atoms with Crippen LogP contribution in [-0.2, 0) is 0 Å². The Kier molecular flexibility index (Phi) is 5.92. The molecular weight excluding hydrogens is 298 g/mol. The van der Waals surface area contributed by atoms with E-state index >= 15 is 0 Å². The zero-order valence-electron chi connectivity index (χ0n) is 10.2. The fraction of sp³-hybridized carbons (Fsp3) is 0.462. The number of hydrogen-bond acceptors (Lipinski definition) is 2. The highest BCUT2D eigenvalue weighted by atomic mass is 79.9. The van der Waals surface area contributed by atoms with Gasteiger partial charge in [0, 0.05) is 10.0 Å². The third kappa shape index (κ3) is 4.64. The molecule has 17 heavy (non-hydrogen) atoms. The van der Waals surface area contributed by atoms with Crippen LogP contribution in [0.25, 0.3) is 0 Å². The van der Waals surface area contributed by atoms with E-state index in [1.54, 1.807) is 0 Å². The summed E-state index contributed by atoms with van der Waals surface area (Å²) in [4.78, 5) is 0.391. The van der Waals surface area contributed by atoms with Crippen LogP contribution >= 0.6 is 28.1 Å². The first kappa shape index (κ1) is 14.5. The molecule has 1 atom stereocenters. The summed E-state index contributed by atoms with van der Waals surface area (Å²) in [5, 5.41) is 0. The normalized spacial score (nSPS) is 12.2. The van der Waals surface area contributed by atoms with Gasteiger partial charge < -0.3 is 10.5 Å². The highest BCUT2D eigenvalue weighted by molar-refractivity contribution is 9.10. The molecule has 1 rings (SSSR count). The van der Waals surface area contributed by atoms with E-state index in [2.05, 4.69) is 29.8 Å². The van der Waals surface area contributed by atoms with Crippen molar-refractivity contribution >= 4 is 33.1 Å². The van der Waals surface area contributed by atoms with Crippen LogP contribution in [0.1, 0.15) is 32.3 Å². The molecule has 4 heteroatoms. The second-order valence-electron chi connectivity index (χ2n) is 4.21. The molecule has 0 heterocycles. The van der Waals surface area contributed by atoms with Crippen LogP contribution in [-0.4, -0.2) is 11.6 Å². The summed E-state index contributed by atoms with van der Waals surface area (Å²) in [6.07, 6.45) is 2.38. The van der Waals surface area contributed by atoms with Gasteiger partial charge in [0.15, 0.2) is 0 Å². The maximum atomic E-state index is 5.72. The minimum atomic E-state index is 0.391. The van der Waals surface area contributed by atoms with Gasteiger partial charge in [-0.1, -0.05) is 32.5 Å². The zero-order valence-corrected chi connectivity index (χ0v) is 12.6. The van der Waals surface area contributed by atoms with Crippen molar-refractivity contribution in [2.24, 2.45) is 11.7 Å². The van der Waals surface area contributed by atoms with Gasteiger partial charge in [0.25, 0.3) is 0 Å². The van der Waals surface area contributed by atoms with Crippen molar-refractivity contribution in [2.75, 3.05) is 6.61 Å². The number of halogens is 1. The maximum absolute atomic E-state index is 5.72. The maximum Gasteiger partial charge on any atom is 0.120 e.